The molecule has 1 saturated heterocycles. The molecule has 1 fully saturated rings. The van der Waals surface area contributed by atoms with E-state index >= 15 is 0 Å². The first-order chi connectivity index (χ1) is 10.5. The average Bonchev–Trinajstić information content (AvgIpc) is 2.54. The summed E-state index contributed by atoms with van der Waals surface area (Å²) in [6, 6.07) is 8.34. The van der Waals surface area contributed by atoms with Gasteiger partial charge in [0.2, 0.25) is 5.91 Å². The molecule has 1 aliphatic rings. The van der Waals surface area contributed by atoms with Crippen molar-refractivity contribution >= 4 is 11.6 Å². The highest BCUT2D eigenvalue weighted by Gasteiger charge is 2.23. The summed E-state index contributed by atoms with van der Waals surface area (Å²) in [5, 5.41) is 3.39. The molecule has 1 aromatic carbocycles. The Labute approximate surface area is 135 Å². The number of benzene rings is 1. The van der Waals surface area contributed by atoms with E-state index in [0.717, 1.165) is 18.8 Å². The minimum Gasteiger partial charge on any atom is -0.317 e. The summed E-state index contributed by atoms with van der Waals surface area (Å²) in [5.41, 5.74) is 2.29. The largest absolute Gasteiger partial charge is 0.317 e. The van der Waals surface area contributed by atoms with Gasteiger partial charge in [-0.05, 0) is 61.4 Å². The third-order valence-corrected chi connectivity index (χ3v) is 4.98. The number of nitrogens with one attached hydrogen (secondary N) is 1. The fraction of sp³-hybridized carbons (Fsp3) is 0.632. The Kier molecular flexibility index (Phi) is 6.01. The van der Waals surface area contributed by atoms with E-state index in [0.29, 0.717) is 24.2 Å². The fourth-order valence-electron chi connectivity index (χ4n) is 3.23. The number of rotatable bonds is 5. The molecular formula is C19H30N2O. The Morgan fingerprint density at radius 3 is 2.59 bits per heavy atom. The minimum atomic E-state index is 0.229. The minimum absolute atomic E-state index is 0.229. The Balaban J connectivity index is 1.97. The molecule has 122 valence electrons. The summed E-state index contributed by atoms with van der Waals surface area (Å²) < 4.78 is 0. The second kappa shape index (κ2) is 7.77. The molecule has 0 bridgehead atoms. The maximum atomic E-state index is 12.6. The van der Waals surface area contributed by atoms with Gasteiger partial charge in [-0.25, -0.2) is 0 Å². The van der Waals surface area contributed by atoms with Gasteiger partial charge in [0.1, 0.15) is 0 Å². The summed E-state index contributed by atoms with van der Waals surface area (Å²) in [4.78, 5) is 14.4. The normalized spacial score (nSPS) is 17.5. The number of carbonyl (C=O) groups is 1. The molecule has 22 heavy (non-hydrogen) atoms. The van der Waals surface area contributed by atoms with E-state index < -0.39 is 0 Å². The van der Waals surface area contributed by atoms with Crippen molar-refractivity contribution in [1.82, 2.24) is 5.32 Å². The molecule has 1 aliphatic heterocycles. The van der Waals surface area contributed by atoms with Crippen LogP contribution in [0.5, 0.6) is 0 Å². The molecule has 0 aromatic heterocycles. The smallest absolute Gasteiger partial charge is 0.226 e. The zero-order valence-corrected chi connectivity index (χ0v) is 14.4. The van der Waals surface area contributed by atoms with Crippen molar-refractivity contribution in [2.24, 2.45) is 11.8 Å². The molecule has 3 nitrogen and oxygen atoms in total. The van der Waals surface area contributed by atoms with Crippen LogP contribution in [0.25, 0.3) is 0 Å². The number of carbonyl (C=O) groups excluding carboxylic acids is 1. The van der Waals surface area contributed by atoms with Crippen molar-refractivity contribution in [3.8, 4) is 0 Å². The van der Waals surface area contributed by atoms with Gasteiger partial charge in [-0.2, -0.15) is 0 Å². The second-order valence-electron chi connectivity index (χ2n) is 6.97. The van der Waals surface area contributed by atoms with Crippen molar-refractivity contribution in [2.75, 3.05) is 25.0 Å². The van der Waals surface area contributed by atoms with Gasteiger partial charge in [-0.1, -0.05) is 32.9 Å². The predicted octanol–water partition coefficient (Wildman–Crippen LogP) is 3.80. The monoisotopic (exact) mass is 302 g/mol. The summed E-state index contributed by atoms with van der Waals surface area (Å²) in [6.07, 6.45) is 3.04. The van der Waals surface area contributed by atoms with Gasteiger partial charge in [0.25, 0.3) is 0 Å². The predicted molar refractivity (Wildman–Crippen MR) is 93.3 cm³/mol. The molecule has 1 unspecified atom stereocenters. The Hall–Kier alpha value is -1.35. The lowest BCUT2D eigenvalue weighted by Gasteiger charge is -2.29. The lowest BCUT2D eigenvalue weighted by molar-refractivity contribution is -0.119. The number of nitrogens with zero attached hydrogens (tertiary/aromatic N) is 1. The third kappa shape index (κ3) is 4.33. The molecule has 0 spiro atoms. The van der Waals surface area contributed by atoms with E-state index in [1.165, 1.54) is 18.4 Å². The molecule has 1 aromatic rings. The molecule has 0 aliphatic carbocycles. The summed E-state index contributed by atoms with van der Waals surface area (Å²) in [7, 11) is 1.90. The first kappa shape index (κ1) is 17.0. The van der Waals surface area contributed by atoms with Crippen LogP contribution in [0, 0.1) is 11.8 Å². The van der Waals surface area contributed by atoms with Gasteiger partial charge in [0, 0.05) is 19.2 Å². The van der Waals surface area contributed by atoms with E-state index in [1.807, 2.05) is 24.1 Å². The highest BCUT2D eigenvalue weighted by atomic mass is 16.2. The number of amides is 1. The van der Waals surface area contributed by atoms with Gasteiger partial charge in [0.05, 0.1) is 0 Å². The Morgan fingerprint density at radius 1 is 1.27 bits per heavy atom. The van der Waals surface area contributed by atoms with Gasteiger partial charge in [0.15, 0.2) is 0 Å². The van der Waals surface area contributed by atoms with Crippen LogP contribution in [-0.2, 0) is 4.79 Å². The van der Waals surface area contributed by atoms with Crippen LogP contribution in [-0.4, -0.2) is 26.0 Å². The summed E-state index contributed by atoms with van der Waals surface area (Å²) >= 11 is 0. The highest BCUT2D eigenvalue weighted by molar-refractivity contribution is 5.93. The van der Waals surface area contributed by atoms with Crippen LogP contribution in [0.2, 0.25) is 0 Å². The van der Waals surface area contributed by atoms with Crippen molar-refractivity contribution in [3.63, 3.8) is 0 Å². The molecule has 1 heterocycles. The maximum absolute atomic E-state index is 12.6. The molecule has 1 atom stereocenters. The molecule has 0 saturated carbocycles. The first-order valence-electron chi connectivity index (χ1n) is 8.56. The molecule has 1 amide bonds. The molecular weight excluding hydrogens is 272 g/mol. The maximum Gasteiger partial charge on any atom is 0.226 e. The van der Waals surface area contributed by atoms with Crippen molar-refractivity contribution in [2.45, 2.75) is 46.0 Å². The first-order valence-corrected chi connectivity index (χ1v) is 8.56. The topological polar surface area (TPSA) is 32.3 Å². The van der Waals surface area contributed by atoms with E-state index in [-0.39, 0.29) is 5.91 Å². The second-order valence-corrected chi connectivity index (χ2v) is 6.97. The van der Waals surface area contributed by atoms with E-state index in [2.05, 4.69) is 38.2 Å². The Morgan fingerprint density at radius 2 is 1.95 bits per heavy atom. The average molecular weight is 302 g/mol. The number of anilines is 1. The van der Waals surface area contributed by atoms with Gasteiger partial charge in [-0.15, -0.1) is 0 Å². The van der Waals surface area contributed by atoms with Crippen LogP contribution in [0.4, 0.5) is 5.69 Å². The molecule has 3 heteroatoms. The zero-order chi connectivity index (χ0) is 16.1. The van der Waals surface area contributed by atoms with Crippen LogP contribution < -0.4 is 10.2 Å². The molecule has 1 N–H and O–H groups in total. The van der Waals surface area contributed by atoms with Crippen LogP contribution in [0.15, 0.2) is 24.3 Å². The van der Waals surface area contributed by atoms with Crippen LogP contribution in [0.1, 0.15) is 51.5 Å². The van der Waals surface area contributed by atoms with Gasteiger partial charge >= 0.3 is 0 Å². The SMILES string of the molecule is CC(C)c1cccc(N(C)C(=O)CC(C)C2CCNCC2)c1. The summed E-state index contributed by atoms with van der Waals surface area (Å²) in [6.45, 7) is 8.78. The van der Waals surface area contributed by atoms with E-state index in [9.17, 15) is 4.79 Å². The standard InChI is InChI=1S/C19H30N2O/c1-14(2)17-6-5-7-18(13-17)21(4)19(22)12-15(3)16-8-10-20-11-9-16/h5-7,13-16,20H,8-12H2,1-4H3. The summed E-state index contributed by atoms with van der Waals surface area (Å²) in [5.74, 6) is 1.86. The fourth-order valence-corrected chi connectivity index (χ4v) is 3.23. The van der Waals surface area contributed by atoms with Crippen molar-refractivity contribution in [1.29, 1.82) is 0 Å². The molecule has 2 rings (SSSR count). The quantitative estimate of drug-likeness (QED) is 0.897. The molecule has 0 radical (unpaired) electrons. The lowest BCUT2D eigenvalue weighted by atomic mass is 9.84. The van der Waals surface area contributed by atoms with Crippen molar-refractivity contribution < 1.29 is 4.79 Å². The number of piperidine rings is 1. The van der Waals surface area contributed by atoms with Crippen LogP contribution in [0.3, 0.4) is 0 Å². The number of hydrogen-bond donors (Lipinski definition) is 1. The number of hydrogen-bond acceptors (Lipinski definition) is 2. The Bertz CT molecular complexity index is 492. The lowest BCUT2D eigenvalue weighted by Crippen LogP contribution is -2.34. The van der Waals surface area contributed by atoms with E-state index in [4.69, 9.17) is 0 Å². The van der Waals surface area contributed by atoms with Crippen molar-refractivity contribution in [3.05, 3.63) is 29.8 Å². The van der Waals surface area contributed by atoms with Gasteiger partial charge < -0.3 is 10.2 Å². The third-order valence-electron chi connectivity index (χ3n) is 4.98. The van der Waals surface area contributed by atoms with Crippen LogP contribution >= 0.6 is 0 Å². The highest BCUT2D eigenvalue weighted by Crippen LogP contribution is 2.26. The van der Waals surface area contributed by atoms with E-state index in [1.54, 1.807) is 0 Å². The van der Waals surface area contributed by atoms with Gasteiger partial charge in [-0.3, -0.25) is 4.79 Å². The zero-order valence-electron chi connectivity index (χ0n) is 14.4.